The first-order chi connectivity index (χ1) is 11.4. The maximum absolute atomic E-state index is 13.7. The van der Waals surface area contributed by atoms with E-state index in [4.69, 9.17) is 16.3 Å². The fraction of sp³-hybridized carbons (Fsp3) is 0.188. The van der Waals surface area contributed by atoms with Gasteiger partial charge in [-0.15, -0.1) is 11.3 Å². The highest BCUT2D eigenvalue weighted by molar-refractivity contribution is 7.20. The Morgan fingerprint density at radius 3 is 2.88 bits per heavy atom. The lowest BCUT2D eigenvalue weighted by Crippen LogP contribution is -2.10. The van der Waals surface area contributed by atoms with E-state index in [-0.39, 0.29) is 27.6 Å². The third-order valence-corrected chi connectivity index (χ3v) is 5.03. The molecule has 8 heteroatoms. The first-order valence-corrected chi connectivity index (χ1v) is 8.18. The molecule has 0 aliphatic carbocycles. The fourth-order valence-corrected chi connectivity index (χ4v) is 3.66. The quantitative estimate of drug-likeness (QED) is 0.716. The van der Waals surface area contributed by atoms with Gasteiger partial charge in [0.1, 0.15) is 28.0 Å². The van der Waals surface area contributed by atoms with Gasteiger partial charge in [0.05, 0.1) is 10.4 Å². The molecule has 0 saturated heterocycles. The molecular formula is C16H12ClFN2O3S. The van der Waals surface area contributed by atoms with Crippen LogP contribution in [0.5, 0.6) is 0 Å². The second-order valence-electron chi connectivity index (χ2n) is 5.16. The zero-order valence-electron chi connectivity index (χ0n) is 12.8. The predicted molar refractivity (Wildman–Crippen MR) is 90.2 cm³/mol. The maximum Gasteiger partial charge on any atom is 0.349 e. The highest BCUT2D eigenvalue weighted by Crippen LogP contribution is 2.28. The summed E-state index contributed by atoms with van der Waals surface area (Å²) in [5, 5.41) is 0.547. The summed E-state index contributed by atoms with van der Waals surface area (Å²) in [5.74, 6) is -0.726. The number of nitrogens with zero attached hydrogens (tertiary/aromatic N) is 1. The van der Waals surface area contributed by atoms with Crippen molar-refractivity contribution in [3.05, 3.63) is 61.2 Å². The molecule has 2 aromatic heterocycles. The number of hydrogen-bond donors (Lipinski definition) is 1. The fourth-order valence-electron chi connectivity index (χ4n) is 2.32. The van der Waals surface area contributed by atoms with Crippen LogP contribution in [-0.2, 0) is 11.3 Å². The Hall–Kier alpha value is -2.25. The topological polar surface area (TPSA) is 72.0 Å². The summed E-state index contributed by atoms with van der Waals surface area (Å²) in [6.07, 6.45) is 0. The van der Waals surface area contributed by atoms with E-state index in [1.807, 2.05) is 0 Å². The van der Waals surface area contributed by atoms with Crippen molar-refractivity contribution in [2.75, 3.05) is 0 Å². The van der Waals surface area contributed by atoms with E-state index in [9.17, 15) is 14.0 Å². The van der Waals surface area contributed by atoms with E-state index in [0.717, 1.165) is 11.3 Å². The van der Waals surface area contributed by atoms with E-state index in [2.05, 4.69) is 9.97 Å². The van der Waals surface area contributed by atoms with E-state index < -0.39 is 11.8 Å². The lowest BCUT2D eigenvalue weighted by atomic mass is 10.2. The average molecular weight is 367 g/mol. The molecule has 1 N–H and O–H groups in total. The van der Waals surface area contributed by atoms with Crippen LogP contribution >= 0.6 is 22.9 Å². The Labute approximate surface area is 145 Å². The number of aromatic amines is 1. The second-order valence-corrected chi connectivity index (χ2v) is 6.57. The number of aromatic nitrogens is 2. The lowest BCUT2D eigenvalue weighted by Gasteiger charge is -2.07. The van der Waals surface area contributed by atoms with Crippen LogP contribution in [0.1, 0.15) is 26.6 Å². The molecule has 0 aliphatic heterocycles. The Morgan fingerprint density at radius 2 is 2.17 bits per heavy atom. The Morgan fingerprint density at radius 1 is 1.42 bits per heavy atom. The molecule has 0 bridgehead atoms. The number of nitrogens with one attached hydrogen (secondary N) is 1. The van der Waals surface area contributed by atoms with Crippen molar-refractivity contribution in [1.82, 2.24) is 9.97 Å². The van der Waals surface area contributed by atoms with Crippen LogP contribution in [0.2, 0.25) is 5.02 Å². The molecule has 0 unspecified atom stereocenters. The van der Waals surface area contributed by atoms with Crippen LogP contribution in [0.25, 0.3) is 10.2 Å². The Balaban J connectivity index is 1.91. The first kappa shape index (κ1) is 16.6. The lowest BCUT2D eigenvalue weighted by molar-refractivity contribution is 0.0474. The summed E-state index contributed by atoms with van der Waals surface area (Å²) in [5.41, 5.74) is 0.300. The van der Waals surface area contributed by atoms with Crippen LogP contribution in [0.4, 0.5) is 4.39 Å². The third-order valence-electron chi connectivity index (χ3n) is 3.51. The molecule has 5 nitrogen and oxygen atoms in total. The van der Waals surface area contributed by atoms with Gasteiger partial charge in [-0.1, -0.05) is 17.7 Å². The van der Waals surface area contributed by atoms with Gasteiger partial charge in [0.15, 0.2) is 0 Å². The van der Waals surface area contributed by atoms with Crippen LogP contribution in [0.15, 0.2) is 23.0 Å². The second kappa shape index (κ2) is 6.33. The molecule has 0 atom stereocenters. The van der Waals surface area contributed by atoms with E-state index >= 15 is 0 Å². The highest BCUT2D eigenvalue weighted by Gasteiger charge is 2.21. The van der Waals surface area contributed by atoms with Gasteiger partial charge in [-0.25, -0.2) is 14.2 Å². The summed E-state index contributed by atoms with van der Waals surface area (Å²) >= 11 is 6.98. The molecule has 0 fully saturated rings. The monoisotopic (exact) mass is 366 g/mol. The molecule has 0 spiro atoms. The van der Waals surface area contributed by atoms with Gasteiger partial charge >= 0.3 is 5.97 Å². The average Bonchev–Trinajstić information content (AvgIpc) is 2.83. The van der Waals surface area contributed by atoms with E-state index in [0.29, 0.717) is 21.6 Å². The minimum Gasteiger partial charge on any atom is -0.456 e. The molecule has 2 heterocycles. The minimum atomic E-state index is -0.646. The number of rotatable bonds is 3. The standard InChI is InChI=1S/C16H12ClFN2O3S/c1-7-12-14(21)19-8(2)20-15(12)24-13(7)16(22)23-6-9-10(17)4-3-5-11(9)18/h3-5H,6H2,1-2H3,(H,19,20,21). The number of esters is 1. The van der Waals surface area contributed by atoms with E-state index in [1.165, 1.54) is 18.2 Å². The molecule has 24 heavy (non-hydrogen) atoms. The number of thiophene rings is 1. The Bertz CT molecular complexity index is 992. The number of fused-ring (bicyclic) bond motifs is 1. The molecule has 0 aliphatic rings. The molecule has 0 radical (unpaired) electrons. The molecule has 1 aromatic carbocycles. The summed E-state index contributed by atoms with van der Waals surface area (Å²) in [7, 11) is 0. The van der Waals surface area contributed by atoms with Gasteiger partial charge in [0.2, 0.25) is 0 Å². The van der Waals surface area contributed by atoms with Gasteiger partial charge < -0.3 is 9.72 Å². The van der Waals surface area contributed by atoms with Crippen molar-refractivity contribution in [1.29, 1.82) is 0 Å². The SMILES string of the molecule is Cc1nc2sc(C(=O)OCc3c(F)cccc3Cl)c(C)c2c(=O)[nH]1. The van der Waals surface area contributed by atoms with Crippen molar-refractivity contribution < 1.29 is 13.9 Å². The third kappa shape index (κ3) is 2.92. The number of carbonyl (C=O) groups excluding carboxylic acids is 1. The molecule has 124 valence electrons. The zero-order chi connectivity index (χ0) is 17.4. The summed E-state index contributed by atoms with van der Waals surface area (Å²) in [6.45, 7) is 3.02. The number of hydrogen-bond acceptors (Lipinski definition) is 5. The van der Waals surface area contributed by atoms with Gasteiger partial charge in [-0.05, 0) is 31.5 Å². The van der Waals surface area contributed by atoms with Crippen molar-refractivity contribution >= 4 is 39.1 Å². The number of aryl methyl sites for hydroxylation is 2. The highest BCUT2D eigenvalue weighted by atomic mass is 35.5. The largest absolute Gasteiger partial charge is 0.456 e. The molecule has 0 saturated carbocycles. The van der Waals surface area contributed by atoms with Crippen LogP contribution in [-0.4, -0.2) is 15.9 Å². The van der Waals surface area contributed by atoms with E-state index in [1.54, 1.807) is 13.8 Å². The minimum absolute atomic E-state index is 0.109. The summed E-state index contributed by atoms with van der Waals surface area (Å²) in [6, 6.07) is 4.23. The van der Waals surface area contributed by atoms with Crippen molar-refractivity contribution in [3.63, 3.8) is 0 Å². The van der Waals surface area contributed by atoms with Gasteiger partial charge in [-0.3, -0.25) is 4.79 Å². The molecular weight excluding hydrogens is 355 g/mol. The smallest absolute Gasteiger partial charge is 0.349 e. The number of benzene rings is 1. The van der Waals surface area contributed by atoms with Crippen LogP contribution in [0, 0.1) is 19.7 Å². The predicted octanol–water partition coefficient (Wildman–Crippen LogP) is 3.75. The van der Waals surface area contributed by atoms with Gasteiger partial charge in [0.25, 0.3) is 5.56 Å². The van der Waals surface area contributed by atoms with Gasteiger partial charge in [0, 0.05) is 5.56 Å². The first-order valence-electron chi connectivity index (χ1n) is 6.98. The number of halogens is 2. The van der Waals surface area contributed by atoms with Crippen molar-refractivity contribution in [3.8, 4) is 0 Å². The molecule has 0 amide bonds. The summed E-state index contributed by atoms with van der Waals surface area (Å²) < 4.78 is 18.9. The molecule has 3 aromatic rings. The van der Waals surface area contributed by atoms with Crippen molar-refractivity contribution in [2.24, 2.45) is 0 Å². The number of carbonyl (C=O) groups is 1. The summed E-state index contributed by atoms with van der Waals surface area (Å²) in [4.78, 5) is 31.9. The van der Waals surface area contributed by atoms with Crippen LogP contribution < -0.4 is 5.56 Å². The van der Waals surface area contributed by atoms with Crippen LogP contribution in [0.3, 0.4) is 0 Å². The maximum atomic E-state index is 13.7. The molecule has 3 rings (SSSR count). The Kier molecular flexibility index (Phi) is 4.38. The van der Waals surface area contributed by atoms with Crippen molar-refractivity contribution in [2.45, 2.75) is 20.5 Å². The zero-order valence-corrected chi connectivity index (χ0v) is 14.3. The number of H-pyrrole nitrogens is 1. The number of ether oxygens (including phenoxy) is 1. The normalized spacial score (nSPS) is 11.0. The van der Waals surface area contributed by atoms with Gasteiger partial charge in [-0.2, -0.15) is 0 Å².